The van der Waals surface area contributed by atoms with Crippen LogP contribution < -0.4 is 4.74 Å². The van der Waals surface area contributed by atoms with Gasteiger partial charge in [-0.15, -0.1) is 0 Å². The number of esters is 1. The van der Waals surface area contributed by atoms with Crippen LogP contribution in [0.25, 0.3) is 11.1 Å². The van der Waals surface area contributed by atoms with Crippen LogP contribution in [0.2, 0.25) is 0 Å². The van der Waals surface area contributed by atoms with Crippen molar-refractivity contribution in [3.63, 3.8) is 0 Å². The summed E-state index contributed by atoms with van der Waals surface area (Å²) in [5.74, 6) is 0.649. The van der Waals surface area contributed by atoms with E-state index in [9.17, 15) is 4.79 Å². The second-order valence-corrected chi connectivity index (χ2v) is 5.67. The number of hydrogen-bond acceptors (Lipinski definition) is 3. The van der Waals surface area contributed by atoms with Crippen molar-refractivity contribution < 1.29 is 14.3 Å². The molecule has 0 saturated heterocycles. The summed E-state index contributed by atoms with van der Waals surface area (Å²) in [4.78, 5) is 11.8. The van der Waals surface area contributed by atoms with Gasteiger partial charge >= 0.3 is 5.97 Å². The molecule has 0 unspecified atom stereocenters. The monoisotopic (exact) mass is 298 g/mol. The number of carbonyl (C=O) groups is 1. The summed E-state index contributed by atoms with van der Waals surface area (Å²) in [7, 11) is 0. The van der Waals surface area contributed by atoms with Gasteiger partial charge in [-0.05, 0) is 36.1 Å². The molecule has 116 valence electrons. The molecular weight excluding hydrogens is 276 g/mol. The fraction of sp³-hybridized carbons (Fsp3) is 0.316. The van der Waals surface area contributed by atoms with Crippen LogP contribution in [-0.4, -0.2) is 18.7 Å². The Balaban J connectivity index is 1.95. The van der Waals surface area contributed by atoms with Crippen LogP contribution in [0.4, 0.5) is 0 Å². The molecule has 0 N–H and O–H groups in total. The fourth-order valence-electron chi connectivity index (χ4n) is 1.97. The Bertz CT molecular complexity index is 588. The molecule has 0 aliphatic heterocycles. The standard InChI is InChI=1S/C19H22O3/c1-14(2)13-21-19(20)15(3)22-18-11-9-17(10-12-18)16-7-5-4-6-8-16/h4-12,14-15H,13H2,1-3H3/t15-/m0/s1. The molecule has 0 bridgehead atoms. The smallest absolute Gasteiger partial charge is 0.347 e. The van der Waals surface area contributed by atoms with Gasteiger partial charge in [0.2, 0.25) is 0 Å². The predicted molar refractivity (Wildman–Crippen MR) is 87.8 cm³/mol. The predicted octanol–water partition coefficient (Wildman–Crippen LogP) is 4.32. The van der Waals surface area contributed by atoms with Gasteiger partial charge in [-0.3, -0.25) is 0 Å². The second kappa shape index (κ2) is 7.64. The summed E-state index contributed by atoms with van der Waals surface area (Å²) in [6.45, 7) is 6.12. The molecule has 0 aromatic heterocycles. The third-order valence-corrected chi connectivity index (χ3v) is 3.17. The van der Waals surface area contributed by atoms with Crippen molar-refractivity contribution in [2.75, 3.05) is 6.61 Å². The van der Waals surface area contributed by atoms with Crippen molar-refractivity contribution in [3.8, 4) is 16.9 Å². The topological polar surface area (TPSA) is 35.5 Å². The lowest BCUT2D eigenvalue weighted by Gasteiger charge is -2.15. The zero-order valence-corrected chi connectivity index (χ0v) is 13.3. The van der Waals surface area contributed by atoms with Crippen molar-refractivity contribution >= 4 is 5.97 Å². The number of benzene rings is 2. The fourth-order valence-corrected chi connectivity index (χ4v) is 1.97. The Kier molecular flexibility index (Phi) is 5.59. The van der Waals surface area contributed by atoms with E-state index in [1.807, 2.05) is 56.3 Å². The van der Waals surface area contributed by atoms with Crippen molar-refractivity contribution in [1.82, 2.24) is 0 Å². The highest BCUT2D eigenvalue weighted by molar-refractivity contribution is 5.74. The number of ether oxygens (including phenoxy) is 2. The summed E-state index contributed by atoms with van der Waals surface area (Å²) in [5.41, 5.74) is 2.27. The molecular formula is C19H22O3. The Hall–Kier alpha value is -2.29. The van der Waals surface area contributed by atoms with Crippen molar-refractivity contribution in [2.45, 2.75) is 26.9 Å². The van der Waals surface area contributed by atoms with E-state index < -0.39 is 6.10 Å². The van der Waals surface area contributed by atoms with Gasteiger partial charge in [-0.1, -0.05) is 56.3 Å². The number of hydrogen-bond donors (Lipinski definition) is 0. The molecule has 0 aliphatic rings. The largest absolute Gasteiger partial charge is 0.479 e. The molecule has 0 heterocycles. The van der Waals surface area contributed by atoms with Crippen LogP contribution >= 0.6 is 0 Å². The molecule has 1 atom stereocenters. The Morgan fingerprint density at radius 2 is 1.50 bits per heavy atom. The Labute approximate surface area is 131 Å². The Morgan fingerprint density at radius 1 is 0.909 bits per heavy atom. The lowest BCUT2D eigenvalue weighted by molar-refractivity contribution is -0.152. The van der Waals surface area contributed by atoms with Gasteiger partial charge in [0.25, 0.3) is 0 Å². The van der Waals surface area contributed by atoms with Crippen LogP contribution in [0, 0.1) is 5.92 Å². The first-order chi connectivity index (χ1) is 10.6. The SMILES string of the molecule is CC(C)COC(=O)[C@H](C)Oc1ccc(-c2ccccc2)cc1. The molecule has 0 fully saturated rings. The van der Waals surface area contributed by atoms with Gasteiger partial charge in [0.1, 0.15) is 5.75 Å². The van der Waals surface area contributed by atoms with Crippen LogP contribution in [-0.2, 0) is 9.53 Å². The van der Waals surface area contributed by atoms with E-state index in [-0.39, 0.29) is 5.97 Å². The minimum Gasteiger partial charge on any atom is -0.479 e. The maximum Gasteiger partial charge on any atom is 0.347 e. The summed E-state index contributed by atoms with van der Waals surface area (Å²) in [6.07, 6.45) is -0.610. The van der Waals surface area contributed by atoms with Crippen molar-refractivity contribution in [2.24, 2.45) is 5.92 Å². The van der Waals surface area contributed by atoms with Gasteiger partial charge in [0, 0.05) is 0 Å². The van der Waals surface area contributed by atoms with Gasteiger partial charge in [0.15, 0.2) is 6.10 Å². The first kappa shape index (κ1) is 16.1. The summed E-state index contributed by atoms with van der Waals surface area (Å²) in [6, 6.07) is 17.8. The molecule has 0 spiro atoms. The van der Waals surface area contributed by atoms with Crippen LogP contribution in [0.3, 0.4) is 0 Å². The second-order valence-electron chi connectivity index (χ2n) is 5.67. The highest BCUT2D eigenvalue weighted by atomic mass is 16.6. The highest BCUT2D eigenvalue weighted by Gasteiger charge is 2.16. The minimum atomic E-state index is -0.610. The van der Waals surface area contributed by atoms with E-state index in [1.54, 1.807) is 6.92 Å². The van der Waals surface area contributed by atoms with Gasteiger partial charge in [-0.2, -0.15) is 0 Å². The van der Waals surface area contributed by atoms with Crippen molar-refractivity contribution in [3.05, 3.63) is 54.6 Å². The van der Waals surface area contributed by atoms with E-state index in [1.165, 1.54) is 0 Å². The van der Waals surface area contributed by atoms with Crippen LogP contribution in [0.5, 0.6) is 5.75 Å². The zero-order chi connectivity index (χ0) is 15.9. The number of carbonyl (C=O) groups excluding carboxylic acids is 1. The first-order valence-corrected chi connectivity index (χ1v) is 7.55. The average Bonchev–Trinajstić information content (AvgIpc) is 2.54. The number of rotatable bonds is 6. The molecule has 2 aromatic rings. The molecule has 3 heteroatoms. The molecule has 0 radical (unpaired) electrons. The average molecular weight is 298 g/mol. The van der Waals surface area contributed by atoms with Crippen molar-refractivity contribution in [1.29, 1.82) is 0 Å². The van der Waals surface area contributed by atoms with E-state index in [4.69, 9.17) is 9.47 Å². The van der Waals surface area contributed by atoms with E-state index >= 15 is 0 Å². The first-order valence-electron chi connectivity index (χ1n) is 7.55. The molecule has 22 heavy (non-hydrogen) atoms. The summed E-state index contributed by atoms with van der Waals surface area (Å²) >= 11 is 0. The molecule has 2 aromatic carbocycles. The summed E-state index contributed by atoms with van der Waals surface area (Å²) in [5, 5.41) is 0. The van der Waals surface area contributed by atoms with E-state index in [2.05, 4.69) is 12.1 Å². The highest BCUT2D eigenvalue weighted by Crippen LogP contribution is 2.22. The molecule has 2 rings (SSSR count). The minimum absolute atomic E-state index is 0.321. The summed E-state index contributed by atoms with van der Waals surface area (Å²) < 4.78 is 10.8. The van der Waals surface area contributed by atoms with E-state index in [0.717, 1.165) is 11.1 Å². The molecule has 0 amide bonds. The third kappa shape index (κ3) is 4.62. The normalized spacial score (nSPS) is 12.0. The lowest BCUT2D eigenvalue weighted by Crippen LogP contribution is -2.27. The van der Waals surface area contributed by atoms with E-state index in [0.29, 0.717) is 18.3 Å². The quantitative estimate of drug-likeness (QED) is 0.745. The lowest BCUT2D eigenvalue weighted by atomic mass is 10.1. The molecule has 0 aliphatic carbocycles. The molecule has 0 saturated carbocycles. The van der Waals surface area contributed by atoms with Crippen LogP contribution in [0.1, 0.15) is 20.8 Å². The Morgan fingerprint density at radius 3 is 2.09 bits per heavy atom. The maximum absolute atomic E-state index is 11.8. The third-order valence-electron chi connectivity index (χ3n) is 3.17. The maximum atomic E-state index is 11.8. The molecule has 3 nitrogen and oxygen atoms in total. The van der Waals surface area contributed by atoms with Gasteiger partial charge in [-0.25, -0.2) is 4.79 Å². The van der Waals surface area contributed by atoms with Gasteiger partial charge < -0.3 is 9.47 Å². The van der Waals surface area contributed by atoms with Gasteiger partial charge in [0.05, 0.1) is 6.61 Å². The van der Waals surface area contributed by atoms with Crippen LogP contribution in [0.15, 0.2) is 54.6 Å². The zero-order valence-electron chi connectivity index (χ0n) is 13.3.